The highest BCUT2D eigenvalue weighted by Crippen LogP contribution is 2.17. The van der Waals surface area contributed by atoms with Crippen LogP contribution in [-0.4, -0.2) is 10.8 Å². The van der Waals surface area contributed by atoms with Gasteiger partial charge in [-0.2, -0.15) is 0 Å². The Bertz CT molecular complexity index is 598. The monoisotopic (exact) mass is 307 g/mol. The molecule has 92 valence electrons. The van der Waals surface area contributed by atoms with Crippen LogP contribution in [0.3, 0.4) is 0 Å². The molecule has 1 aromatic carbocycles. The third-order valence-corrected chi connectivity index (χ3v) is 3.06. The van der Waals surface area contributed by atoms with Crippen LogP contribution in [0.25, 0.3) is 0 Å². The quantitative estimate of drug-likeness (QED) is 0.809. The smallest absolute Gasteiger partial charge is 0.185 e. The molecule has 0 amide bonds. The fourth-order valence-corrected chi connectivity index (χ4v) is 1.95. The van der Waals surface area contributed by atoms with Crippen molar-refractivity contribution >= 4 is 21.7 Å². The topological polar surface area (TPSA) is 30.0 Å². The van der Waals surface area contributed by atoms with Crippen molar-refractivity contribution in [2.75, 3.05) is 0 Å². The van der Waals surface area contributed by atoms with Crippen LogP contribution in [0.4, 0.5) is 4.39 Å². The maximum absolute atomic E-state index is 13.6. The molecule has 0 aliphatic rings. The lowest BCUT2D eigenvalue weighted by molar-refractivity contribution is 0.0987. The fraction of sp³-hybridized carbons (Fsp3) is 0.143. The number of halogens is 2. The molecule has 0 bridgehead atoms. The van der Waals surface area contributed by atoms with E-state index >= 15 is 0 Å². The zero-order chi connectivity index (χ0) is 13.1. The van der Waals surface area contributed by atoms with Gasteiger partial charge < -0.3 is 0 Å². The van der Waals surface area contributed by atoms with E-state index in [1.807, 2.05) is 13.0 Å². The normalized spacial score (nSPS) is 10.4. The van der Waals surface area contributed by atoms with E-state index in [1.54, 1.807) is 24.4 Å². The Labute approximate surface area is 113 Å². The average molecular weight is 308 g/mol. The summed E-state index contributed by atoms with van der Waals surface area (Å²) in [5.41, 5.74) is 1.72. The van der Waals surface area contributed by atoms with E-state index in [-0.39, 0.29) is 18.0 Å². The standard InChI is InChI=1S/C14H11BrFNO/c1-9-4-5-17-13(6-9)14(18)7-10-2-3-11(15)8-12(10)16/h2-6,8H,7H2,1H3. The summed E-state index contributed by atoms with van der Waals surface area (Å²) in [5.74, 6) is -0.565. The van der Waals surface area contributed by atoms with Crippen LogP contribution in [0.15, 0.2) is 41.0 Å². The first-order chi connectivity index (χ1) is 8.56. The first-order valence-electron chi connectivity index (χ1n) is 5.46. The average Bonchev–Trinajstić information content (AvgIpc) is 2.32. The number of aryl methyl sites for hydroxylation is 1. The number of carbonyl (C=O) groups excluding carboxylic acids is 1. The zero-order valence-corrected chi connectivity index (χ0v) is 11.4. The van der Waals surface area contributed by atoms with Crippen LogP contribution >= 0.6 is 15.9 Å². The molecule has 0 unspecified atom stereocenters. The number of rotatable bonds is 3. The summed E-state index contributed by atoms with van der Waals surface area (Å²) >= 11 is 3.18. The van der Waals surface area contributed by atoms with Crippen LogP contribution in [0, 0.1) is 12.7 Å². The molecule has 0 fully saturated rings. The summed E-state index contributed by atoms with van der Waals surface area (Å²) < 4.78 is 14.3. The van der Waals surface area contributed by atoms with Gasteiger partial charge in [0.05, 0.1) is 0 Å². The lowest BCUT2D eigenvalue weighted by atomic mass is 10.1. The zero-order valence-electron chi connectivity index (χ0n) is 9.78. The van der Waals surface area contributed by atoms with Gasteiger partial charge in [-0.3, -0.25) is 9.78 Å². The third-order valence-electron chi connectivity index (χ3n) is 2.57. The van der Waals surface area contributed by atoms with E-state index in [0.717, 1.165) is 5.56 Å². The first kappa shape index (κ1) is 12.9. The number of aromatic nitrogens is 1. The van der Waals surface area contributed by atoms with Gasteiger partial charge in [-0.15, -0.1) is 0 Å². The van der Waals surface area contributed by atoms with Crippen molar-refractivity contribution in [3.05, 3.63) is 63.6 Å². The Kier molecular flexibility index (Phi) is 3.87. The number of hydrogen-bond acceptors (Lipinski definition) is 2. The second-order valence-corrected chi connectivity index (χ2v) is 4.97. The molecular formula is C14H11BrFNO. The molecule has 1 heterocycles. The van der Waals surface area contributed by atoms with Crippen LogP contribution in [0.5, 0.6) is 0 Å². The Balaban J connectivity index is 2.21. The molecular weight excluding hydrogens is 297 g/mol. The van der Waals surface area contributed by atoms with E-state index in [9.17, 15) is 9.18 Å². The van der Waals surface area contributed by atoms with Gasteiger partial charge in [-0.1, -0.05) is 22.0 Å². The van der Waals surface area contributed by atoms with Gasteiger partial charge in [0, 0.05) is 17.1 Å². The first-order valence-corrected chi connectivity index (χ1v) is 6.25. The summed E-state index contributed by atoms with van der Waals surface area (Å²) in [5, 5.41) is 0. The number of hydrogen-bond donors (Lipinski definition) is 0. The van der Waals surface area contributed by atoms with Crippen molar-refractivity contribution in [3.63, 3.8) is 0 Å². The van der Waals surface area contributed by atoms with Crippen molar-refractivity contribution in [1.82, 2.24) is 4.98 Å². The molecule has 0 aliphatic carbocycles. The number of Topliss-reactive ketones (excluding diaryl/α,β-unsaturated/α-hetero) is 1. The van der Waals surface area contributed by atoms with E-state index < -0.39 is 0 Å². The summed E-state index contributed by atoms with van der Waals surface area (Å²) in [6.07, 6.45) is 1.61. The predicted molar refractivity (Wildman–Crippen MR) is 71.1 cm³/mol. The van der Waals surface area contributed by atoms with Gasteiger partial charge in [0.15, 0.2) is 5.78 Å². The van der Waals surface area contributed by atoms with Gasteiger partial charge >= 0.3 is 0 Å². The van der Waals surface area contributed by atoms with Crippen molar-refractivity contribution < 1.29 is 9.18 Å². The number of nitrogens with zero attached hydrogens (tertiary/aromatic N) is 1. The highest BCUT2D eigenvalue weighted by atomic mass is 79.9. The Morgan fingerprint density at radius 3 is 2.78 bits per heavy atom. The number of benzene rings is 1. The Morgan fingerprint density at radius 1 is 1.33 bits per heavy atom. The molecule has 4 heteroatoms. The summed E-state index contributed by atoms with van der Waals surface area (Å²) in [6.45, 7) is 1.89. The molecule has 0 aliphatic heterocycles. The molecule has 0 N–H and O–H groups in total. The van der Waals surface area contributed by atoms with Gasteiger partial charge in [0.25, 0.3) is 0 Å². The third kappa shape index (κ3) is 3.01. The molecule has 2 aromatic rings. The largest absolute Gasteiger partial charge is 0.292 e. The summed E-state index contributed by atoms with van der Waals surface area (Å²) in [7, 11) is 0. The molecule has 0 saturated carbocycles. The van der Waals surface area contributed by atoms with E-state index in [4.69, 9.17) is 0 Å². The Hall–Kier alpha value is -1.55. The molecule has 0 saturated heterocycles. The number of carbonyl (C=O) groups is 1. The highest BCUT2D eigenvalue weighted by Gasteiger charge is 2.12. The molecule has 2 nitrogen and oxygen atoms in total. The summed E-state index contributed by atoms with van der Waals surface area (Å²) in [4.78, 5) is 16.0. The van der Waals surface area contributed by atoms with Crippen LogP contribution in [-0.2, 0) is 6.42 Å². The summed E-state index contributed by atoms with van der Waals surface area (Å²) in [6, 6.07) is 8.20. The maximum atomic E-state index is 13.6. The molecule has 18 heavy (non-hydrogen) atoms. The van der Waals surface area contributed by atoms with E-state index in [2.05, 4.69) is 20.9 Å². The predicted octanol–water partition coefficient (Wildman–Crippen LogP) is 3.72. The fourth-order valence-electron chi connectivity index (χ4n) is 1.62. The molecule has 1 aromatic heterocycles. The SMILES string of the molecule is Cc1ccnc(C(=O)Cc2ccc(Br)cc2F)c1. The van der Waals surface area contributed by atoms with Gasteiger partial charge in [0.2, 0.25) is 0 Å². The van der Waals surface area contributed by atoms with Gasteiger partial charge in [-0.25, -0.2) is 4.39 Å². The lowest BCUT2D eigenvalue weighted by Gasteiger charge is -2.03. The van der Waals surface area contributed by atoms with Crippen molar-refractivity contribution in [1.29, 1.82) is 0 Å². The van der Waals surface area contributed by atoms with Gasteiger partial charge in [0.1, 0.15) is 11.5 Å². The van der Waals surface area contributed by atoms with Crippen LogP contribution < -0.4 is 0 Å². The minimum atomic E-state index is -0.384. The molecule has 2 rings (SSSR count). The van der Waals surface area contributed by atoms with Crippen molar-refractivity contribution in [3.8, 4) is 0 Å². The van der Waals surface area contributed by atoms with E-state index in [1.165, 1.54) is 6.07 Å². The molecule has 0 radical (unpaired) electrons. The number of ketones is 1. The molecule has 0 atom stereocenters. The van der Waals surface area contributed by atoms with Crippen molar-refractivity contribution in [2.24, 2.45) is 0 Å². The highest BCUT2D eigenvalue weighted by molar-refractivity contribution is 9.10. The maximum Gasteiger partial charge on any atom is 0.185 e. The molecule has 0 spiro atoms. The minimum absolute atomic E-state index is 0.0234. The second kappa shape index (κ2) is 5.40. The van der Waals surface area contributed by atoms with Crippen LogP contribution in [0.1, 0.15) is 21.6 Å². The Morgan fingerprint density at radius 2 is 2.11 bits per heavy atom. The number of pyridine rings is 1. The minimum Gasteiger partial charge on any atom is -0.292 e. The van der Waals surface area contributed by atoms with E-state index in [0.29, 0.717) is 15.7 Å². The lowest BCUT2D eigenvalue weighted by Crippen LogP contribution is -2.07. The van der Waals surface area contributed by atoms with Crippen molar-refractivity contribution in [2.45, 2.75) is 13.3 Å². The van der Waals surface area contributed by atoms with Gasteiger partial charge in [-0.05, 0) is 42.3 Å². The van der Waals surface area contributed by atoms with Crippen LogP contribution in [0.2, 0.25) is 0 Å². The second-order valence-electron chi connectivity index (χ2n) is 4.05.